The van der Waals surface area contributed by atoms with Crippen LogP contribution in [0.5, 0.6) is 0 Å². The summed E-state index contributed by atoms with van der Waals surface area (Å²) in [6, 6.07) is 9.96. The Kier molecular flexibility index (Phi) is 3.19. The lowest BCUT2D eigenvalue weighted by Crippen LogP contribution is -2.06. The molecule has 0 aliphatic carbocycles. The number of hydrogen-bond donors (Lipinski definition) is 1. The first-order valence-corrected chi connectivity index (χ1v) is 6.97. The summed E-state index contributed by atoms with van der Waals surface area (Å²) in [5, 5.41) is 7.26. The van der Waals surface area contributed by atoms with Crippen LogP contribution in [0.25, 0.3) is 22.2 Å². The lowest BCUT2D eigenvalue weighted by atomic mass is 10.1. The summed E-state index contributed by atoms with van der Waals surface area (Å²) in [4.78, 5) is 1.14. The molecule has 0 saturated carbocycles. The van der Waals surface area contributed by atoms with Crippen molar-refractivity contribution in [2.75, 3.05) is 0 Å². The molecule has 4 heteroatoms. The third kappa shape index (κ3) is 2.20. The molecule has 0 radical (unpaired) electrons. The van der Waals surface area contributed by atoms with Crippen LogP contribution in [0.15, 0.2) is 52.9 Å². The molecule has 1 aromatic carbocycles. The minimum Gasteiger partial charge on any atom is -0.356 e. The summed E-state index contributed by atoms with van der Waals surface area (Å²) in [5.74, 6) is 0. The van der Waals surface area contributed by atoms with Crippen LogP contribution in [0, 0.1) is 0 Å². The van der Waals surface area contributed by atoms with Crippen molar-refractivity contribution in [3.8, 4) is 11.3 Å². The molecule has 0 fully saturated rings. The second-order valence-electron chi connectivity index (χ2n) is 4.40. The number of benzene rings is 1. The van der Waals surface area contributed by atoms with E-state index in [1.807, 2.05) is 30.3 Å². The summed E-state index contributed by atoms with van der Waals surface area (Å²) in [5.41, 5.74) is 8.82. The zero-order valence-electron chi connectivity index (χ0n) is 10.4. The smallest absolute Gasteiger partial charge is 0.167 e. The average molecular weight is 270 g/mol. The Morgan fingerprint density at radius 1 is 1.42 bits per heavy atom. The van der Waals surface area contributed by atoms with Crippen molar-refractivity contribution in [3.05, 3.63) is 53.2 Å². The van der Waals surface area contributed by atoms with Crippen LogP contribution in [0.3, 0.4) is 0 Å². The van der Waals surface area contributed by atoms with Gasteiger partial charge in [-0.15, -0.1) is 17.9 Å². The monoisotopic (exact) mass is 270 g/mol. The van der Waals surface area contributed by atoms with Gasteiger partial charge in [0.05, 0.1) is 0 Å². The molecule has 1 atom stereocenters. The number of nitrogens with zero attached hydrogens (tertiary/aromatic N) is 1. The van der Waals surface area contributed by atoms with Gasteiger partial charge in [-0.05, 0) is 24.6 Å². The van der Waals surface area contributed by atoms with E-state index in [4.69, 9.17) is 10.3 Å². The predicted molar refractivity (Wildman–Crippen MR) is 79.1 cm³/mol. The van der Waals surface area contributed by atoms with Crippen LogP contribution in [-0.4, -0.2) is 5.16 Å². The molecule has 0 aliphatic heterocycles. The lowest BCUT2D eigenvalue weighted by molar-refractivity contribution is 0.459. The van der Waals surface area contributed by atoms with Gasteiger partial charge in [-0.25, -0.2) is 0 Å². The molecule has 0 aliphatic rings. The Morgan fingerprint density at radius 2 is 2.26 bits per heavy atom. The molecular formula is C15H14N2OS. The van der Waals surface area contributed by atoms with Crippen molar-refractivity contribution in [3.63, 3.8) is 0 Å². The van der Waals surface area contributed by atoms with Gasteiger partial charge in [-0.2, -0.15) is 0 Å². The third-order valence-electron chi connectivity index (χ3n) is 3.06. The molecule has 96 valence electrons. The van der Waals surface area contributed by atoms with Crippen molar-refractivity contribution < 1.29 is 4.52 Å². The van der Waals surface area contributed by atoms with Crippen LogP contribution >= 0.6 is 11.3 Å². The lowest BCUT2D eigenvalue weighted by Gasteiger charge is -2.04. The topological polar surface area (TPSA) is 52.0 Å². The van der Waals surface area contributed by atoms with Crippen molar-refractivity contribution in [1.82, 2.24) is 5.16 Å². The largest absolute Gasteiger partial charge is 0.356 e. The molecular weight excluding hydrogens is 256 g/mol. The minimum atomic E-state index is 0.00872. The van der Waals surface area contributed by atoms with E-state index in [1.54, 1.807) is 11.3 Å². The zero-order chi connectivity index (χ0) is 13.2. The molecule has 3 rings (SSSR count). The maximum absolute atomic E-state index is 6.08. The van der Waals surface area contributed by atoms with Crippen LogP contribution in [0.2, 0.25) is 0 Å². The number of rotatable bonds is 4. The first-order valence-electron chi connectivity index (χ1n) is 6.09. The van der Waals surface area contributed by atoms with E-state index in [9.17, 15) is 0 Å². The first-order chi connectivity index (χ1) is 9.29. The number of aromatic nitrogens is 1. The van der Waals surface area contributed by atoms with E-state index in [0.29, 0.717) is 0 Å². The average Bonchev–Trinajstić information content (AvgIpc) is 3.05. The molecule has 3 nitrogen and oxygen atoms in total. The van der Waals surface area contributed by atoms with Crippen molar-refractivity contribution in [2.45, 2.75) is 12.5 Å². The van der Waals surface area contributed by atoms with Gasteiger partial charge in [-0.3, -0.25) is 0 Å². The molecule has 2 aromatic heterocycles. The van der Waals surface area contributed by atoms with Gasteiger partial charge in [0, 0.05) is 27.2 Å². The Morgan fingerprint density at radius 3 is 3.11 bits per heavy atom. The standard InChI is InChI=1S/C15H14N2OS/c1-2-5-12(16)14-8-10(9-19-14)15-11-6-3-4-7-13(11)18-17-15/h2-4,6-9,12H,1,5,16H2. The van der Waals surface area contributed by atoms with Gasteiger partial charge in [0.25, 0.3) is 0 Å². The number of nitrogens with two attached hydrogens (primary N) is 1. The third-order valence-corrected chi connectivity index (χ3v) is 4.12. The summed E-state index contributed by atoms with van der Waals surface area (Å²) in [6.45, 7) is 3.72. The highest BCUT2D eigenvalue weighted by Crippen LogP contribution is 2.33. The second-order valence-corrected chi connectivity index (χ2v) is 5.34. The van der Waals surface area contributed by atoms with Gasteiger partial charge in [-0.1, -0.05) is 23.4 Å². The van der Waals surface area contributed by atoms with Gasteiger partial charge >= 0.3 is 0 Å². The van der Waals surface area contributed by atoms with E-state index in [-0.39, 0.29) is 6.04 Å². The number of fused-ring (bicyclic) bond motifs is 1. The van der Waals surface area contributed by atoms with E-state index >= 15 is 0 Å². The Hall–Kier alpha value is -1.91. The fourth-order valence-corrected chi connectivity index (χ4v) is 2.97. The highest BCUT2D eigenvalue weighted by Gasteiger charge is 2.13. The Balaban J connectivity index is 2.00. The normalized spacial score (nSPS) is 12.7. The van der Waals surface area contributed by atoms with Gasteiger partial charge < -0.3 is 10.3 Å². The van der Waals surface area contributed by atoms with Crippen LogP contribution < -0.4 is 5.73 Å². The maximum Gasteiger partial charge on any atom is 0.167 e. The summed E-state index contributed by atoms with van der Waals surface area (Å²) in [6.07, 6.45) is 2.62. The van der Waals surface area contributed by atoms with Crippen molar-refractivity contribution >= 4 is 22.3 Å². The molecule has 0 amide bonds. The van der Waals surface area contributed by atoms with Crippen LogP contribution in [-0.2, 0) is 0 Å². The van der Waals surface area contributed by atoms with E-state index in [0.717, 1.165) is 33.5 Å². The molecule has 19 heavy (non-hydrogen) atoms. The van der Waals surface area contributed by atoms with Gasteiger partial charge in [0.2, 0.25) is 0 Å². The Bertz CT molecular complexity index is 714. The number of thiophene rings is 1. The van der Waals surface area contributed by atoms with E-state index in [1.165, 1.54) is 0 Å². The minimum absolute atomic E-state index is 0.00872. The molecule has 2 N–H and O–H groups in total. The Labute approximate surface area is 115 Å². The molecule has 2 heterocycles. The van der Waals surface area contributed by atoms with Gasteiger partial charge in [0.1, 0.15) is 5.69 Å². The summed E-state index contributed by atoms with van der Waals surface area (Å²) < 4.78 is 5.33. The van der Waals surface area contributed by atoms with Crippen molar-refractivity contribution in [2.24, 2.45) is 5.73 Å². The molecule has 3 aromatic rings. The predicted octanol–water partition coefficient (Wildman–Crippen LogP) is 4.13. The van der Waals surface area contributed by atoms with Gasteiger partial charge in [0.15, 0.2) is 5.58 Å². The van der Waals surface area contributed by atoms with Crippen LogP contribution in [0.4, 0.5) is 0 Å². The number of para-hydroxylation sites is 1. The second kappa shape index (κ2) is 4.99. The highest BCUT2D eigenvalue weighted by molar-refractivity contribution is 7.10. The fourth-order valence-electron chi connectivity index (χ4n) is 2.06. The molecule has 0 saturated heterocycles. The highest BCUT2D eigenvalue weighted by atomic mass is 32.1. The fraction of sp³-hybridized carbons (Fsp3) is 0.133. The number of hydrogen-bond acceptors (Lipinski definition) is 4. The van der Waals surface area contributed by atoms with Crippen LogP contribution in [0.1, 0.15) is 17.3 Å². The molecule has 0 spiro atoms. The first kappa shape index (κ1) is 12.1. The maximum atomic E-state index is 6.08. The zero-order valence-corrected chi connectivity index (χ0v) is 11.2. The van der Waals surface area contributed by atoms with E-state index in [2.05, 4.69) is 23.2 Å². The van der Waals surface area contributed by atoms with Crippen molar-refractivity contribution in [1.29, 1.82) is 0 Å². The van der Waals surface area contributed by atoms with E-state index < -0.39 is 0 Å². The quantitative estimate of drug-likeness (QED) is 0.725. The SMILES string of the molecule is C=CCC(N)c1cc(-c2noc3ccccc23)cs1. The summed E-state index contributed by atoms with van der Waals surface area (Å²) in [7, 11) is 0. The molecule has 0 bridgehead atoms. The molecule has 1 unspecified atom stereocenters. The summed E-state index contributed by atoms with van der Waals surface area (Å²) >= 11 is 1.65.